The second-order valence-electron chi connectivity index (χ2n) is 12.8. The quantitative estimate of drug-likeness (QED) is 0.210. The summed E-state index contributed by atoms with van der Waals surface area (Å²) < 4.78 is 14.5. The van der Waals surface area contributed by atoms with Gasteiger partial charge in [-0.3, -0.25) is 9.59 Å². The van der Waals surface area contributed by atoms with E-state index < -0.39 is 7.80 Å². The summed E-state index contributed by atoms with van der Waals surface area (Å²) in [4.78, 5) is 28.2. The Labute approximate surface area is 236 Å². The van der Waals surface area contributed by atoms with E-state index in [2.05, 4.69) is 48.5 Å². The van der Waals surface area contributed by atoms with Crippen molar-refractivity contribution in [3.63, 3.8) is 0 Å². The van der Waals surface area contributed by atoms with Crippen molar-refractivity contribution in [3.8, 4) is 0 Å². The monoisotopic (exact) mass is 544 g/mol. The minimum Gasteiger partial charge on any atom is -0.313 e. The van der Waals surface area contributed by atoms with Gasteiger partial charge in [0.25, 0.3) is 0 Å². The molecule has 3 rings (SSSR count). The van der Waals surface area contributed by atoms with Crippen LogP contribution in [0.1, 0.15) is 140 Å². The Balaban J connectivity index is 2.36. The third-order valence-electron chi connectivity index (χ3n) is 7.57. The highest BCUT2D eigenvalue weighted by molar-refractivity contribution is 7.71. The number of hydrogen-bond acceptors (Lipinski definition) is 3. The summed E-state index contributed by atoms with van der Waals surface area (Å²) >= 11 is 0. The zero-order valence-corrected chi connectivity index (χ0v) is 26.6. The van der Waals surface area contributed by atoms with Crippen LogP contribution in [0.25, 0.3) is 0 Å². The predicted octanol–water partition coefficient (Wildman–Crippen LogP) is 9.23. The van der Waals surface area contributed by atoms with Gasteiger partial charge in [0.05, 0.1) is 0 Å². The molecular weight excluding hydrogens is 499 g/mol. The molecule has 208 valence electrons. The fourth-order valence-electron chi connectivity index (χ4n) is 5.46. The van der Waals surface area contributed by atoms with Crippen molar-refractivity contribution < 1.29 is 14.2 Å². The van der Waals surface area contributed by atoms with Crippen LogP contribution in [-0.2, 0) is 9.98 Å². The number of carbonyl (C=O) groups excluding carboxylic acids is 2. The highest BCUT2D eigenvalue weighted by Gasteiger charge is 2.33. The molecule has 0 fully saturated rings. The Hall–Kier alpha value is -2.77. The first-order valence-electron chi connectivity index (χ1n) is 14.1. The molecule has 0 heterocycles. The highest BCUT2D eigenvalue weighted by atomic mass is 31.1. The molecule has 0 aliphatic rings. The van der Waals surface area contributed by atoms with Crippen molar-refractivity contribution in [1.29, 1.82) is 0 Å². The highest BCUT2D eigenvalue weighted by Crippen LogP contribution is 2.41. The standard InChI is InChI=1S/C35H45O3P/c1-20(2)27-19-28(21(3)4)33(29(22(5)6)31(27)32(36)25-15-13-12-14-16-25)39(38)34(37)30-23(7)17-26(18-24(30)8)35(9,10)11/h12-22,39H,1-11H3. The lowest BCUT2D eigenvalue weighted by Gasteiger charge is -2.27. The lowest BCUT2D eigenvalue weighted by Crippen LogP contribution is -2.25. The molecule has 3 aromatic carbocycles. The van der Waals surface area contributed by atoms with Crippen LogP contribution >= 0.6 is 7.80 Å². The molecule has 3 nitrogen and oxygen atoms in total. The summed E-state index contributed by atoms with van der Waals surface area (Å²) in [6.45, 7) is 22.7. The van der Waals surface area contributed by atoms with Gasteiger partial charge in [0.15, 0.2) is 13.6 Å². The minimum atomic E-state index is -2.96. The molecule has 4 heteroatoms. The Bertz CT molecular complexity index is 1400. The molecule has 0 bridgehead atoms. The van der Waals surface area contributed by atoms with Gasteiger partial charge in [-0.15, -0.1) is 0 Å². The van der Waals surface area contributed by atoms with E-state index in [9.17, 15) is 14.2 Å². The fraction of sp³-hybridized carbons (Fsp3) is 0.429. The summed E-state index contributed by atoms with van der Waals surface area (Å²) in [7, 11) is -2.96. The summed E-state index contributed by atoms with van der Waals surface area (Å²) in [5.41, 5.74) is 6.82. The molecule has 0 aliphatic heterocycles. The Morgan fingerprint density at radius 2 is 1.23 bits per heavy atom. The Morgan fingerprint density at radius 3 is 1.67 bits per heavy atom. The third kappa shape index (κ3) is 6.20. The number of rotatable bonds is 8. The first-order chi connectivity index (χ1) is 18.1. The van der Waals surface area contributed by atoms with Crippen molar-refractivity contribution in [2.45, 2.75) is 99.3 Å². The third-order valence-corrected chi connectivity index (χ3v) is 9.25. The van der Waals surface area contributed by atoms with Crippen molar-refractivity contribution in [3.05, 3.63) is 98.6 Å². The topological polar surface area (TPSA) is 51.2 Å². The number of benzene rings is 3. The molecule has 1 unspecified atom stereocenters. The van der Waals surface area contributed by atoms with Crippen molar-refractivity contribution in [1.82, 2.24) is 0 Å². The van der Waals surface area contributed by atoms with E-state index in [0.717, 1.165) is 33.4 Å². The van der Waals surface area contributed by atoms with Crippen LogP contribution in [0.15, 0.2) is 48.5 Å². The average molecular weight is 545 g/mol. The van der Waals surface area contributed by atoms with E-state index in [1.807, 2.05) is 76.2 Å². The average Bonchev–Trinajstić information content (AvgIpc) is 2.85. The largest absolute Gasteiger partial charge is 0.313 e. The maximum Gasteiger partial charge on any atom is 0.223 e. The summed E-state index contributed by atoms with van der Waals surface area (Å²) in [6, 6.07) is 15.4. The Kier molecular flexibility index (Phi) is 9.28. The normalized spacial score (nSPS) is 12.9. The van der Waals surface area contributed by atoms with E-state index in [0.29, 0.717) is 22.0 Å². The maximum atomic E-state index is 14.5. The predicted molar refractivity (Wildman–Crippen MR) is 166 cm³/mol. The summed E-state index contributed by atoms with van der Waals surface area (Å²) in [5.74, 6) is -0.0398. The summed E-state index contributed by atoms with van der Waals surface area (Å²) in [6.07, 6.45) is 0. The van der Waals surface area contributed by atoms with Crippen molar-refractivity contribution in [2.24, 2.45) is 0 Å². The van der Waals surface area contributed by atoms with Crippen LogP contribution in [0, 0.1) is 13.8 Å². The van der Waals surface area contributed by atoms with Crippen LogP contribution in [0.4, 0.5) is 0 Å². The number of ketones is 1. The van der Waals surface area contributed by atoms with Crippen LogP contribution in [0.5, 0.6) is 0 Å². The van der Waals surface area contributed by atoms with Crippen LogP contribution in [0.2, 0.25) is 0 Å². The van der Waals surface area contributed by atoms with E-state index in [4.69, 9.17) is 0 Å². The van der Waals surface area contributed by atoms with Crippen LogP contribution in [-0.4, -0.2) is 11.3 Å². The first kappa shape index (κ1) is 30.8. The van der Waals surface area contributed by atoms with E-state index >= 15 is 0 Å². The second-order valence-corrected chi connectivity index (χ2v) is 14.4. The molecule has 0 aliphatic carbocycles. The van der Waals surface area contributed by atoms with Crippen LogP contribution < -0.4 is 5.30 Å². The van der Waals surface area contributed by atoms with Gasteiger partial charge in [-0.1, -0.05) is 111 Å². The lowest BCUT2D eigenvalue weighted by atomic mass is 9.81. The number of hydrogen-bond donors (Lipinski definition) is 0. The van der Waals surface area contributed by atoms with Gasteiger partial charge >= 0.3 is 0 Å². The number of aryl methyl sites for hydroxylation is 2. The molecule has 0 saturated carbocycles. The maximum absolute atomic E-state index is 14.5. The molecule has 0 saturated heterocycles. The van der Waals surface area contributed by atoms with Gasteiger partial charge in [-0.25, -0.2) is 0 Å². The van der Waals surface area contributed by atoms with Crippen molar-refractivity contribution >= 4 is 24.4 Å². The van der Waals surface area contributed by atoms with Crippen LogP contribution in [0.3, 0.4) is 0 Å². The van der Waals surface area contributed by atoms with Crippen molar-refractivity contribution in [2.75, 3.05) is 0 Å². The zero-order valence-electron chi connectivity index (χ0n) is 25.6. The van der Waals surface area contributed by atoms with E-state index in [1.165, 1.54) is 0 Å². The van der Waals surface area contributed by atoms with Gasteiger partial charge < -0.3 is 4.57 Å². The molecule has 3 aromatic rings. The van der Waals surface area contributed by atoms with Gasteiger partial charge in [0.1, 0.15) is 0 Å². The van der Waals surface area contributed by atoms with Gasteiger partial charge in [-0.2, -0.15) is 0 Å². The summed E-state index contributed by atoms with van der Waals surface area (Å²) in [5, 5.41) is 0.581. The second kappa shape index (κ2) is 11.8. The fourth-order valence-corrected chi connectivity index (χ4v) is 7.59. The van der Waals surface area contributed by atoms with Gasteiger partial charge in [0.2, 0.25) is 5.52 Å². The zero-order chi connectivity index (χ0) is 29.4. The lowest BCUT2D eigenvalue weighted by molar-refractivity contribution is 0.103. The molecule has 0 radical (unpaired) electrons. The first-order valence-corrected chi connectivity index (χ1v) is 15.5. The molecule has 0 spiro atoms. The molecular formula is C35H45O3P. The van der Waals surface area contributed by atoms with E-state index in [1.54, 1.807) is 0 Å². The molecule has 0 N–H and O–H groups in total. The number of carbonyl (C=O) groups is 2. The smallest absolute Gasteiger partial charge is 0.223 e. The molecule has 0 amide bonds. The molecule has 0 aromatic heterocycles. The Morgan fingerprint density at radius 1 is 0.718 bits per heavy atom. The van der Waals surface area contributed by atoms with Gasteiger partial charge in [0, 0.05) is 22.0 Å². The minimum absolute atomic E-state index is 0.0445. The molecule has 1 atom stereocenters. The van der Waals surface area contributed by atoms with E-state index in [-0.39, 0.29) is 34.5 Å². The molecule has 39 heavy (non-hydrogen) atoms. The van der Waals surface area contributed by atoms with Gasteiger partial charge in [-0.05, 0) is 70.4 Å². The SMILES string of the molecule is Cc1cc(C(C)(C)C)cc(C)c1C(=O)[PH](=O)c1c(C(C)C)cc(C(C)C)c(C(=O)c2ccccc2)c1C(C)C.